The van der Waals surface area contributed by atoms with Gasteiger partial charge in [0.1, 0.15) is 13.2 Å². The Morgan fingerprint density at radius 3 is 1.26 bits per heavy atom. The Morgan fingerprint density at radius 1 is 0.657 bits per heavy atom. The molecule has 0 aliphatic carbocycles. The number of alkyl carbamates (subject to hydrolysis) is 2. The molecule has 35 heavy (non-hydrogen) atoms. The highest BCUT2D eigenvalue weighted by Gasteiger charge is 2.72. The van der Waals surface area contributed by atoms with Crippen molar-refractivity contribution in [3.05, 3.63) is 24.3 Å². The first-order chi connectivity index (χ1) is 15.9. The summed E-state index contributed by atoms with van der Waals surface area (Å²) in [5.74, 6) is -18.9. The van der Waals surface area contributed by atoms with Crippen LogP contribution in [0.5, 0.6) is 0 Å². The van der Waals surface area contributed by atoms with Gasteiger partial charge in [-0.15, -0.1) is 0 Å². The lowest BCUT2D eigenvalue weighted by Crippen LogP contribution is -2.58. The molecule has 0 unspecified atom stereocenters. The quantitative estimate of drug-likeness (QED) is 0.117. The average Bonchev–Trinajstić information content (AvgIpc) is 2.76. The maximum Gasteiger partial charge on any atom is 0.407 e. The van der Waals surface area contributed by atoms with E-state index in [1.165, 1.54) is 13.8 Å². The minimum Gasteiger partial charge on any atom is -0.460 e. The van der Waals surface area contributed by atoms with E-state index in [9.17, 15) is 45.5 Å². The number of rotatable bonds is 14. The van der Waals surface area contributed by atoms with Crippen molar-refractivity contribution in [2.45, 2.75) is 31.6 Å². The summed E-state index contributed by atoms with van der Waals surface area (Å²) in [6, 6.07) is 0. The summed E-state index contributed by atoms with van der Waals surface area (Å²) < 4.78 is 99.2. The summed E-state index contributed by atoms with van der Waals surface area (Å²) in [5, 5.41) is 3.54. The van der Waals surface area contributed by atoms with E-state index in [0.717, 1.165) is 0 Å². The van der Waals surface area contributed by atoms with Crippen molar-refractivity contribution in [3.8, 4) is 0 Å². The fourth-order valence-corrected chi connectivity index (χ4v) is 1.70. The van der Waals surface area contributed by atoms with Crippen LogP contribution in [-0.4, -0.2) is 81.4 Å². The van der Waals surface area contributed by atoms with E-state index in [-0.39, 0.29) is 11.1 Å². The van der Waals surface area contributed by atoms with Crippen LogP contribution >= 0.6 is 0 Å². The minimum atomic E-state index is -6.10. The number of ether oxygens (including phenoxy) is 4. The summed E-state index contributed by atoms with van der Waals surface area (Å²) in [5.41, 5.74) is 0.0573. The van der Waals surface area contributed by atoms with Crippen molar-refractivity contribution < 1.29 is 64.5 Å². The molecule has 2 amide bonds. The van der Waals surface area contributed by atoms with Gasteiger partial charge >= 0.3 is 41.9 Å². The number of amides is 2. The van der Waals surface area contributed by atoms with Crippen LogP contribution in [0.3, 0.4) is 0 Å². The second-order valence-electron chi connectivity index (χ2n) is 6.82. The fourth-order valence-electron chi connectivity index (χ4n) is 1.70. The average molecular weight is 522 g/mol. The molecule has 0 saturated carbocycles. The normalized spacial score (nSPS) is 11.7. The molecule has 0 aromatic carbocycles. The molecule has 0 radical (unpaired) electrons. The molecular formula is C19H24F6N2O8. The zero-order valence-electron chi connectivity index (χ0n) is 18.7. The molecular weight excluding hydrogens is 498 g/mol. The highest BCUT2D eigenvalue weighted by Crippen LogP contribution is 2.46. The third-order valence-electron chi connectivity index (χ3n) is 3.59. The molecule has 0 heterocycles. The number of nitrogens with one attached hydrogen (secondary N) is 2. The Kier molecular flexibility index (Phi) is 12.1. The maximum absolute atomic E-state index is 13.8. The Morgan fingerprint density at radius 2 is 0.971 bits per heavy atom. The Bertz CT molecular complexity index is 755. The van der Waals surface area contributed by atoms with E-state index in [0.29, 0.717) is 0 Å². The van der Waals surface area contributed by atoms with E-state index in [4.69, 9.17) is 0 Å². The first-order valence-corrected chi connectivity index (χ1v) is 9.54. The van der Waals surface area contributed by atoms with Gasteiger partial charge in [-0.3, -0.25) is 0 Å². The number of carbonyl (C=O) groups is 4. The van der Waals surface area contributed by atoms with Gasteiger partial charge < -0.3 is 29.6 Å². The second kappa shape index (κ2) is 13.4. The predicted molar refractivity (Wildman–Crippen MR) is 105 cm³/mol. The van der Waals surface area contributed by atoms with Gasteiger partial charge in [0, 0.05) is 11.1 Å². The summed E-state index contributed by atoms with van der Waals surface area (Å²) in [4.78, 5) is 44.8. The van der Waals surface area contributed by atoms with Crippen molar-refractivity contribution in [3.63, 3.8) is 0 Å². The summed E-state index contributed by atoms with van der Waals surface area (Å²) in [7, 11) is 0. The predicted octanol–water partition coefficient (Wildman–Crippen LogP) is 2.58. The zero-order valence-corrected chi connectivity index (χ0v) is 18.7. The monoisotopic (exact) mass is 522 g/mol. The van der Waals surface area contributed by atoms with E-state index in [1.54, 1.807) is 10.6 Å². The Balaban J connectivity index is 4.61. The van der Waals surface area contributed by atoms with Gasteiger partial charge in [0.15, 0.2) is 13.2 Å². The number of alkyl halides is 6. The van der Waals surface area contributed by atoms with Crippen LogP contribution in [-0.2, 0) is 28.5 Å². The number of esters is 2. The molecule has 2 N–H and O–H groups in total. The Labute approximate surface area is 195 Å². The standard InChI is InChI=1S/C19H24F6N2O8/c1-11(2)13(28)32-7-5-26-15(30)34-9-17(20,21)19(24,25)18(22,23)10-35-16(31)27-6-8-33-14(29)12(3)4/h1,3,5-10H2,2,4H3,(H,26,30)(H,27,31). The SMILES string of the molecule is C=C(C)C(=O)OCCNC(=O)OCC(F)(F)C(F)(F)C(F)(F)COC(=O)NCCOC(=O)C(=C)C. The van der Waals surface area contributed by atoms with Crippen molar-refractivity contribution in [1.29, 1.82) is 0 Å². The van der Waals surface area contributed by atoms with Gasteiger partial charge in [-0.05, 0) is 13.8 Å². The molecule has 0 atom stereocenters. The lowest BCUT2D eigenvalue weighted by Gasteiger charge is -2.31. The molecule has 0 aromatic heterocycles. The molecule has 0 aliphatic heterocycles. The molecule has 10 nitrogen and oxygen atoms in total. The number of carbonyl (C=O) groups excluding carboxylic acids is 4. The maximum atomic E-state index is 13.8. The van der Waals surface area contributed by atoms with E-state index in [2.05, 4.69) is 32.1 Å². The molecule has 0 rings (SSSR count). The van der Waals surface area contributed by atoms with Gasteiger partial charge in [0.25, 0.3) is 0 Å². The molecule has 0 aromatic rings. The van der Waals surface area contributed by atoms with Gasteiger partial charge in [0.2, 0.25) is 0 Å². The zero-order chi connectivity index (χ0) is 27.4. The summed E-state index contributed by atoms with van der Waals surface area (Å²) in [6.07, 6.45) is -3.36. The van der Waals surface area contributed by atoms with Gasteiger partial charge in [0.05, 0.1) is 13.1 Å². The molecule has 0 bridgehead atoms. The summed E-state index contributed by atoms with van der Waals surface area (Å²) in [6.45, 7) is 2.46. The lowest BCUT2D eigenvalue weighted by molar-refractivity contribution is -0.322. The highest BCUT2D eigenvalue weighted by atomic mass is 19.3. The fraction of sp³-hybridized carbons (Fsp3) is 0.579. The third-order valence-corrected chi connectivity index (χ3v) is 3.59. The van der Waals surface area contributed by atoms with Crippen LogP contribution in [0.1, 0.15) is 13.8 Å². The van der Waals surface area contributed by atoms with Crippen LogP contribution in [0.25, 0.3) is 0 Å². The van der Waals surface area contributed by atoms with Crippen LogP contribution in [0, 0.1) is 0 Å². The number of halogens is 6. The molecule has 200 valence electrons. The minimum absolute atomic E-state index is 0.0286. The van der Waals surface area contributed by atoms with Crippen LogP contribution < -0.4 is 10.6 Å². The number of hydrogen-bond acceptors (Lipinski definition) is 8. The largest absolute Gasteiger partial charge is 0.460 e. The summed E-state index contributed by atoms with van der Waals surface area (Å²) >= 11 is 0. The first kappa shape index (κ1) is 31.5. The van der Waals surface area contributed by atoms with Crippen molar-refractivity contribution in [2.24, 2.45) is 0 Å². The van der Waals surface area contributed by atoms with E-state index in [1.807, 2.05) is 0 Å². The van der Waals surface area contributed by atoms with Crippen LogP contribution in [0.15, 0.2) is 24.3 Å². The van der Waals surface area contributed by atoms with Gasteiger partial charge in [-0.25, -0.2) is 19.2 Å². The highest BCUT2D eigenvalue weighted by molar-refractivity contribution is 5.87. The molecule has 0 saturated heterocycles. The topological polar surface area (TPSA) is 129 Å². The van der Waals surface area contributed by atoms with E-state index >= 15 is 0 Å². The van der Waals surface area contributed by atoms with Gasteiger partial charge in [-0.2, -0.15) is 26.3 Å². The van der Waals surface area contributed by atoms with Crippen molar-refractivity contribution in [1.82, 2.24) is 10.6 Å². The van der Waals surface area contributed by atoms with E-state index < -0.39 is 81.4 Å². The number of hydrogen-bond donors (Lipinski definition) is 2. The first-order valence-electron chi connectivity index (χ1n) is 9.54. The van der Waals surface area contributed by atoms with Crippen molar-refractivity contribution in [2.75, 3.05) is 39.5 Å². The Hall–Kier alpha value is -3.46. The molecule has 0 aliphatic rings. The van der Waals surface area contributed by atoms with Crippen LogP contribution in [0.2, 0.25) is 0 Å². The lowest BCUT2D eigenvalue weighted by atomic mass is 10.1. The molecule has 0 spiro atoms. The van der Waals surface area contributed by atoms with Crippen LogP contribution in [0.4, 0.5) is 35.9 Å². The molecule has 0 fully saturated rings. The molecule has 16 heteroatoms. The smallest absolute Gasteiger partial charge is 0.407 e. The second-order valence-corrected chi connectivity index (χ2v) is 6.82. The third kappa shape index (κ3) is 10.6. The van der Waals surface area contributed by atoms with Gasteiger partial charge in [-0.1, -0.05) is 13.2 Å². The van der Waals surface area contributed by atoms with Crippen molar-refractivity contribution >= 4 is 24.1 Å².